The second-order valence-electron chi connectivity index (χ2n) is 6.56. The number of ether oxygens (including phenoxy) is 2. The smallest absolute Gasteiger partial charge is 0.323 e. The van der Waals surface area contributed by atoms with Gasteiger partial charge in [-0.25, -0.2) is 0 Å². The molecule has 0 radical (unpaired) electrons. The zero-order valence-electron chi connectivity index (χ0n) is 14.1. The molecule has 0 bridgehead atoms. The molecule has 0 N–H and O–H groups in total. The van der Waals surface area contributed by atoms with Crippen molar-refractivity contribution in [2.75, 3.05) is 11.5 Å². The Labute approximate surface area is 146 Å². The summed E-state index contributed by atoms with van der Waals surface area (Å²) in [6.45, 7) is 5.33. The maximum absolute atomic E-state index is 12.3. The van der Waals surface area contributed by atoms with Crippen molar-refractivity contribution < 1.29 is 44.3 Å². The number of rotatable bonds is 4. The number of hydrogen-bond donors (Lipinski definition) is 0. The molecule has 4 unspecified atom stereocenters. The van der Waals surface area contributed by atoms with E-state index in [2.05, 4.69) is 8.37 Å². The molecule has 2 heterocycles. The van der Waals surface area contributed by atoms with Gasteiger partial charge in [0.2, 0.25) is 0 Å². The lowest BCUT2D eigenvalue weighted by molar-refractivity contribution is -0.177. The molecule has 2 aliphatic rings. The van der Waals surface area contributed by atoms with Gasteiger partial charge in [-0.3, -0.25) is 18.0 Å². The summed E-state index contributed by atoms with van der Waals surface area (Å²) in [5.74, 6) is -3.00. The first-order valence-corrected chi connectivity index (χ1v) is 10.6. The summed E-state index contributed by atoms with van der Waals surface area (Å²) in [6, 6.07) is 0. The van der Waals surface area contributed by atoms with Crippen LogP contribution >= 0.6 is 0 Å². The van der Waals surface area contributed by atoms with Crippen molar-refractivity contribution in [3.05, 3.63) is 0 Å². The molecule has 2 saturated heterocycles. The molecule has 0 aliphatic carbocycles. The summed E-state index contributed by atoms with van der Waals surface area (Å²) in [5.41, 5.74) is -1.77. The lowest BCUT2D eigenvalue weighted by Crippen LogP contribution is -2.43. The molecule has 10 nitrogen and oxygen atoms in total. The summed E-state index contributed by atoms with van der Waals surface area (Å²) in [4.78, 5) is 24.6. The van der Waals surface area contributed by atoms with E-state index in [-0.39, 0.29) is 0 Å². The molecular weight excluding hydrogens is 380 g/mol. The quantitative estimate of drug-likeness (QED) is 0.339. The minimum atomic E-state index is -3.77. The third-order valence-electron chi connectivity index (χ3n) is 3.92. The van der Waals surface area contributed by atoms with E-state index in [4.69, 9.17) is 9.47 Å². The Balaban J connectivity index is 2.02. The van der Waals surface area contributed by atoms with Crippen LogP contribution in [0.5, 0.6) is 0 Å². The van der Waals surface area contributed by atoms with Gasteiger partial charge >= 0.3 is 11.9 Å². The second-order valence-corrected chi connectivity index (χ2v) is 9.85. The molecule has 144 valence electrons. The van der Waals surface area contributed by atoms with Crippen LogP contribution in [0, 0.1) is 5.41 Å². The largest absolute Gasteiger partial charge is 0.458 e. The Hall–Kier alpha value is -1.24. The molecule has 2 fully saturated rings. The van der Waals surface area contributed by atoms with Crippen LogP contribution in [0.2, 0.25) is 0 Å². The molecule has 0 aromatic carbocycles. The first-order valence-electron chi connectivity index (χ1n) is 7.47. The molecule has 0 spiro atoms. The van der Waals surface area contributed by atoms with E-state index in [1.807, 2.05) is 0 Å². The van der Waals surface area contributed by atoms with Gasteiger partial charge in [0.1, 0.15) is 35.9 Å². The van der Waals surface area contributed by atoms with E-state index in [1.54, 1.807) is 0 Å². The van der Waals surface area contributed by atoms with Gasteiger partial charge in [-0.05, 0) is 27.7 Å². The SMILES string of the molecule is CC1OS(=O)(=O)CC1OC(=O)C(C)(C)C(=O)OC1CS(=O)(=O)OC1C. The number of carbonyl (C=O) groups excluding carboxylic acids is 2. The standard InChI is InChI=1S/C13H20O10S2/c1-7-9(5-24(16,17)22-7)20-11(14)13(3,4)12(15)21-10-6-25(18,19)23-8(10)2/h7-10H,5-6H2,1-4H3. The fraction of sp³-hybridized carbons (Fsp3) is 0.846. The highest BCUT2D eigenvalue weighted by Gasteiger charge is 2.47. The van der Waals surface area contributed by atoms with Crippen LogP contribution in [0.3, 0.4) is 0 Å². The molecule has 0 aromatic heterocycles. The van der Waals surface area contributed by atoms with E-state index in [1.165, 1.54) is 27.7 Å². The van der Waals surface area contributed by atoms with Crippen LogP contribution in [0.15, 0.2) is 0 Å². The van der Waals surface area contributed by atoms with Crippen molar-refractivity contribution >= 4 is 32.2 Å². The van der Waals surface area contributed by atoms with E-state index >= 15 is 0 Å². The maximum atomic E-state index is 12.3. The van der Waals surface area contributed by atoms with Crippen molar-refractivity contribution in [1.29, 1.82) is 0 Å². The van der Waals surface area contributed by atoms with Gasteiger partial charge in [-0.15, -0.1) is 0 Å². The monoisotopic (exact) mass is 400 g/mol. The summed E-state index contributed by atoms with van der Waals surface area (Å²) >= 11 is 0. The van der Waals surface area contributed by atoms with Gasteiger partial charge in [0.15, 0.2) is 5.41 Å². The highest BCUT2D eigenvalue weighted by Crippen LogP contribution is 2.28. The third-order valence-corrected chi connectivity index (χ3v) is 6.59. The summed E-state index contributed by atoms with van der Waals surface area (Å²) in [7, 11) is -7.54. The maximum Gasteiger partial charge on any atom is 0.323 e. The van der Waals surface area contributed by atoms with Crippen LogP contribution in [-0.2, 0) is 47.7 Å². The Morgan fingerprint density at radius 2 is 1.16 bits per heavy atom. The van der Waals surface area contributed by atoms with E-state index in [0.717, 1.165) is 0 Å². The molecular formula is C13H20O10S2. The van der Waals surface area contributed by atoms with Crippen LogP contribution < -0.4 is 0 Å². The van der Waals surface area contributed by atoms with E-state index in [0.29, 0.717) is 0 Å². The summed E-state index contributed by atoms with van der Waals surface area (Å²) < 4.78 is 65.0. The Morgan fingerprint density at radius 3 is 1.40 bits per heavy atom. The zero-order valence-corrected chi connectivity index (χ0v) is 15.8. The number of esters is 2. The van der Waals surface area contributed by atoms with Gasteiger partial charge in [0, 0.05) is 0 Å². The van der Waals surface area contributed by atoms with E-state index < -0.39 is 73.5 Å². The zero-order chi connectivity index (χ0) is 19.2. The normalized spacial score (nSPS) is 33.8. The van der Waals surface area contributed by atoms with Crippen molar-refractivity contribution in [3.63, 3.8) is 0 Å². The molecule has 0 amide bonds. The van der Waals surface area contributed by atoms with Crippen LogP contribution in [0.4, 0.5) is 0 Å². The van der Waals surface area contributed by atoms with Crippen LogP contribution in [0.1, 0.15) is 27.7 Å². The molecule has 4 atom stereocenters. The summed E-state index contributed by atoms with van der Waals surface area (Å²) in [6.07, 6.45) is -3.82. The Kier molecular flexibility index (Phi) is 5.21. The predicted octanol–water partition coefficient (Wildman–Crippen LogP) is -0.667. The predicted molar refractivity (Wildman–Crippen MR) is 82.2 cm³/mol. The fourth-order valence-electron chi connectivity index (χ4n) is 2.25. The summed E-state index contributed by atoms with van der Waals surface area (Å²) in [5, 5.41) is 0. The van der Waals surface area contributed by atoms with Crippen molar-refractivity contribution in [3.8, 4) is 0 Å². The molecule has 2 aliphatic heterocycles. The first-order chi connectivity index (χ1) is 11.2. The Morgan fingerprint density at radius 1 is 0.840 bits per heavy atom. The van der Waals surface area contributed by atoms with Crippen molar-refractivity contribution in [2.24, 2.45) is 5.41 Å². The van der Waals surface area contributed by atoms with Gasteiger partial charge in [-0.2, -0.15) is 16.8 Å². The molecule has 12 heteroatoms. The fourth-order valence-corrected chi connectivity index (χ4v) is 5.06. The molecule has 2 rings (SSSR count). The average molecular weight is 400 g/mol. The highest BCUT2D eigenvalue weighted by atomic mass is 32.2. The number of carbonyl (C=O) groups is 2. The third kappa shape index (κ3) is 4.49. The highest BCUT2D eigenvalue weighted by molar-refractivity contribution is 7.87. The average Bonchev–Trinajstić information content (AvgIpc) is 2.83. The van der Waals surface area contributed by atoms with Gasteiger partial charge < -0.3 is 9.47 Å². The van der Waals surface area contributed by atoms with Gasteiger partial charge in [-0.1, -0.05) is 0 Å². The number of hydrogen-bond acceptors (Lipinski definition) is 10. The van der Waals surface area contributed by atoms with Gasteiger partial charge in [0.05, 0.1) is 0 Å². The second kappa shape index (κ2) is 6.49. The lowest BCUT2D eigenvalue weighted by Gasteiger charge is -2.25. The van der Waals surface area contributed by atoms with Gasteiger partial charge in [0.25, 0.3) is 20.2 Å². The topological polar surface area (TPSA) is 139 Å². The van der Waals surface area contributed by atoms with E-state index in [9.17, 15) is 26.4 Å². The minimum absolute atomic E-state index is 0.503. The van der Waals surface area contributed by atoms with Crippen molar-refractivity contribution in [2.45, 2.75) is 52.1 Å². The van der Waals surface area contributed by atoms with Crippen molar-refractivity contribution in [1.82, 2.24) is 0 Å². The lowest BCUT2D eigenvalue weighted by atomic mass is 9.93. The van der Waals surface area contributed by atoms with Crippen LogP contribution in [0.25, 0.3) is 0 Å². The minimum Gasteiger partial charge on any atom is -0.458 e. The molecule has 25 heavy (non-hydrogen) atoms. The molecule has 0 saturated carbocycles. The Bertz CT molecular complexity index is 703. The molecule has 0 aromatic rings. The first kappa shape index (κ1) is 20.1. The van der Waals surface area contributed by atoms with Crippen LogP contribution in [-0.4, -0.2) is 64.7 Å².